The van der Waals surface area contributed by atoms with Crippen LogP contribution >= 0.6 is 0 Å². The van der Waals surface area contributed by atoms with Gasteiger partial charge < -0.3 is 18.9 Å². The maximum Gasteiger partial charge on any atom is 0.188 e. The van der Waals surface area contributed by atoms with Crippen molar-refractivity contribution in [1.82, 2.24) is 0 Å². The molecule has 0 saturated carbocycles. The van der Waals surface area contributed by atoms with Gasteiger partial charge in [-0.1, -0.05) is 0 Å². The summed E-state index contributed by atoms with van der Waals surface area (Å²) in [5, 5.41) is 0. The Morgan fingerprint density at radius 1 is 1.13 bits per heavy atom. The van der Waals surface area contributed by atoms with Crippen molar-refractivity contribution in [3.63, 3.8) is 0 Å². The van der Waals surface area contributed by atoms with Gasteiger partial charge in [0.25, 0.3) is 0 Å². The summed E-state index contributed by atoms with van der Waals surface area (Å²) in [6.45, 7) is 0.118. The Kier molecular flexibility index (Phi) is 4.30. The van der Waals surface area contributed by atoms with Crippen LogP contribution in [0, 0.1) is 0 Å². The maximum atomic E-state index is 5.77. The predicted octanol–water partition coefficient (Wildman–Crippen LogP) is 0.480. The molecule has 0 N–H and O–H groups in total. The fourth-order valence-corrected chi connectivity index (χ4v) is 1.14. The Morgan fingerprint density at radius 2 is 1.87 bits per heavy atom. The molecule has 0 aromatic heterocycles. The second kappa shape index (κ2) is 5.51. The molecule has 0 unspecified atom stereocenters. The van der Waals surface area contributed by atoms with E-state index in [1.807, 2.05) is 0 Å². The molecule has 0 aliphatic carbocycles. The van der Waals surface area contributed by atoms with E-state index in [-0.39, 0.29) is 6.79 Å². The molecule has 0 bridgehead atoms. The van der Waals surface area contributed by atoms with Gasteiger partial charge in [0.2, 0.25) is 0 Å². The van der Waals surface area contributed by atoms with Crippen molar-refractivity contribution >= 4 is 13.3 Å². The second-order valence-electron chi connectivity index (χ2n) is 2.80. The molecule has 15 heavy (non-hydrogen) atoms. The van der Waals surface area contributed by atoms with Gasteiger partial charge in [-0.25, -0.2) is 0 Å². The van der Waals surface area contributed by atoms with Crippen molar-refractivity contribution in [3.8, 4) is 17.2 Å². The molecule has 0 aliphatic rings. The zero-order valence-corrected chi connectivity index (χ0v) is 9.07. The first-order chi connectivity index (χ1) is 7.22. The molecule has 0 saturated heterocycles. The lowest BCUT2D eigenvalue weighted by Crippen LogP contribution is -2.13. The lowest BCUT2D eigenvalue weighted by molar-refractivity contribution is 0.0499. The molecule has 1 aromatic carbocycles. The summed E-state index contributed by atoms with van der Waals surface area (Å²) in [6.07, 6.45) is 0. The SMILES string of the molecule is [B]c1cc(OC)cc(OC)c1OCOC. The minimum absolute atomic E-state index is 0.118. The van der Waals surface area contributed by atoms with Gasteiger partial charge in [0.1, 0.15) is 13.6 Å². The normalized spacial score (nSPS) is 9.80. The first kappa shape index (κ1) is 11.7. The van der Waals surface area contributed by atoms with Gasteiger partial charge in [0.15, 0.2) is 18.3 Å². The maximum absolute atomic E-state index is 5.77. The fraction of sp³-hybridized carbons (Fsp3) is 0.400. The number of benzene rings is 1. The number of methoxy groups -OCH3 is 3. The van der Waals surface area contributed by atoms with E-state index in [1.165, 1.54) is 14.2 Å². The zero-order valence-electron chi connectivity index (χ0n) is 9.07. The van der Waals surface area contributed by atoms with Crippen molar-refractivity contribution < 1.29 is 18.9 Å². The van der Waals surface area contributed by atoms with Gasteiger partial charge in [0.05, 0.1) is 14.2 Å². The van der Waals surface area contributed by atoms with Crippen LogP contribution in [0.4, 0.5) is 0 Å². The number of rotatable bonds is 5. The van der Waals surface area contributed by atoms with Crippen LogP contribution in [0.5, 0.6) is 17.2 Å². The van der Waals surface area contributed by atoms with Gasteiger partial charge in [-0.3, -0.25) is 0 Å². The molecule has 4 nitrogen and oxygen atoms in total. The Morgan fingerprint density at radius 3 is 2.40 bits per heavy atom. The van der Waals surface area contributed by atoms with E-state index in [0.29, 0.717) is 22.7 Å². The molecule has 2 radical (unpaired) electrons. The highest BCUT2D eigenvalue weighted by Crippen LogP contribution is 2.28. The topological polar surface area (TPSA) is 36.9 Å². The monoisotopic (exact) mass is 208 g/mol. The average molecular weight is 208 g/mol. The van der Waals surface area contributed by atoms with E-state index in [4.69, 9.17) is 26.8 Å². The molecule has 5 heteroatoms. The van der Waals surface area contributed by atoms with Crippen LogP contribution in [0.3, 0.4) is 0 Å². The Balaban J connectivity index is 3.01. The van der Waals surface area contributed by atoms with Crippen LogP contribution in [0.25, 0.3) is 0 Å². The third-order valence-electron chi connectivity index (χ3n) is 1.83. The standard InChI is InChI=1S/C10H13BO4/c1-12-6-15-10-8(11)4-7(13-2)5-9(10)14-3/h4-5H,6H2,1-3H3. The van der Waals surface area contributed by atoms with E-state index in [2.05, 4.69) is 0 Å². The molecule has 0 fully saturated rings. The van der Waals surface area contributed by atoms with Gasteiger partial charge in [-0.05, 0) is 11.5 Å². The van der Waals surface area contributed by atoms with Gasteiger partial charge >= 0.3 is 0 Å². The first-order valence-corrected chi connectivity index (χ1v) is 4.36. The quantitative estimate of drug-likeness (QED) is 0.521. The van der Waals surface area contributed by atoms with Crippen molar-refractivity contribution in [1.29, 1.82) is 0 Å². The fourth-order valence-electron chi connectivity index (χ4n) is 1.14. The van der Waals surface area contributed by atoms with Crippen molar-refractivity contribution in [2.75, 3.05) is 28.1 Å². The molecular weight excluding hydrogens is 195 g/mol. The van der Waals surface area contributed by atoms with Crippen molar-refractivity contribution in [2.24, 2.45) is 0 Å². The van der Waals surface area contributed by atoms with Crippen LogP contribution in [-0.4, -0.2) is 36.0 Å². The number of hydrogen-bond donors (Lipinski definition) is 0. The predicted molar refractivity (Wildman–Crippen MR) is 57.4 cm³/mol. The summed E-state index contributed by atoms with van der Waals surface area (Å²) in [5.41, 5.74) is 0.447. The molecule has 0 spiro atoms. The third kappa shape index (κ3) is 2.79. The van der Waals surface area contributed by atoms with Crippen LogP contribution in [0.1, 0.15) is 0 Å². The average Bonchev–Trinajstić information content (AvgIpc) is 2.26. The Hall–Kier alpha value is -1.36. The van der Waals surface area contributed by atoms with E-state index in [9.17, 15) is 0 Å². The summed E-state index contributed by atoms with van der Waals surface area (Å²) in [7, 11) is 10.4. The number of ether oxygens (including phenoxy) is 4. The van der Waals surface area contributed by atoms with Gasteiger partial charge in [-0.15, -0.1) is 0 Å². The highest BCUT2D eigenvalue weighted by atomic mass is 16.7. The molecule has 0 atom stereocenters. The summed E-state index contributed by atoms with van der Waals surface area (Å²) < 4.78 is 20.2. The second-order valence-corrected chi connectivity index (χ2v) is 2.80. The van der Waals surface area contributed by atoms with Crippen molar-refractivity contribution in [3.05, 3.63) is 12.1 Å². The summed E-state index contributed by atoms with van der Waals surface area (Å²) >= 11 is 0. The highest BCUT2D eigenvalue weighted by molar-refractivity contribution is 6.34. The lowest BCUT2D eigenvalue weighted by atomic mass is 9.94. The van der Waals surface area contributed by atoms with Gasteiger partial charge in [0, 0.05) is 13.2 Å². The molecule has 1 rings (SSSR count). The summed E-state index contributed by atoms with van der Waals surface area (Å²) in [4.78, 5) is 0. The molecule has 0 heterocycles. The first-order valence-electron chi connectivity index (χ1n) is 4.36. The molecule has 0 aliphatic heterocycles. The zero-order chi connectivity index (χ0) is 11.3. The molecule has 1 aromatic rings. The third-order valence-corrected chi connectivity index (χ3v) is 1.83. The molecule has 80 valence electrons. The van der Waals surface area contributed by atoms with Gasteiger partial charge in [-0.2, -0.15) is 0 Å². The van der Waals surface area contributed by atoms with Crippen LogP contribution < -0.4 is 19.7 Å². The lowest BCUT2D eigenvalue weighted by Gasteiger charge is -2.14. The highest BCUT2D eigenvalue weighted by Gasteiger charge is 2.09. The summed E-state index contributed by atoms with van der Waals surface area (Å²) in [6, 6.07) is 3.36. The van der Waals surface area contributed by atoms with Crippen LogP contribution in [0.2, 0.25) is 0 Å². The smallest absolute Gasteiger partial charge is 0.188 e. The molecular formula is C10H13BO4. The number of hydrogen-bond acceptors (Lipinski definition) is 4. The molecule has 0 amide bonds. The van der Waals surface area contributed by atoms with E-state index in [1.54, 1.807) is 19.2 Å². The minimum atomic E-state index is 0.118. The van der Waals surface area contributed by atoms with Crippen LogP contribution in [0.15, 0.2) is 12.1 Å². The Labute approximate surface area is 90.5 Å². The van der Waals surface area contributed by atoms with Crippen LogP contribution in [-0.2, 0) is 4.74 Å². The summed E-state index contributed by atoms with van der Waals surface area (Å²) in [5.74, 6) is 1.60. The largest absolute Gasteiger partial charge is 0.497 e. The van der Waals surface area contributed by atoms with Crippen molar-refractivity contribution in [2.45, 2.75) is 0 Å². The van der Waals surface area contributed by atoms with E-state index >= 15 is 0 Å². The van der Waals surface area contributed by atoms with E-state index < -0.39 is 0 Å². The Bertz CT molecular complexity index is 327. The van der Waals surface area contributed by atoms with E-state index in [0.717, 1.165) is 0 Å². The minimum Gasteiger partial charge on any atom is -0.497 e.